The number of amides is 2. The first-order chi connectivity index (χ1) is 19.1. The molecule has 0 bridgehead atoms. The van der Waals surface area contributed by atoms with Gasteiger partial charge in [-0.2, -0.15) is 0 Å². The maximum absolute atomic E-state index is 12.9. The van der Waals surface area contributed by atoms with Gasteiger partial charge in [0.15, 0.2) is 0 Å². The molecule has 9 nitrogen and oxygen atoms in total. The predicted octanol–water partition coefficient (Wildman–Crippen LogP) is 4.91. The number of thiazole rings is 2. The molecule has 0 saturated carbocycles. The molecular formula is C28H31N5O4S2. The summed E-state index contributed by atoms with van der Waals surface area (Å²) in [5, 5.41) is 7.17. The highest BCUT2D eigenvalue weighted by molar-refractivity contribution is 7.14. The van der Waals surface area contributed by atoms with E-state index in [-0.39, 0.29) is 18.7 Å². The number of benzene rings is 2. The lowest BCUT2D eigenvalue weighted by molar-refractivity contribution is 0.136. The Morgan fingerprint density at radius 1 is 0.897 bits per heavy atom. The van der Waals surface area contributed by atoms with Gasteiger partial charge in [-0.1, -0.05) is 60.7 Å². The third-order valence-electron chi connectivity index (χ3n) is 5.95. The normalized spacial score (nSPS) is 12.3. The van der Waals surface area contributed by atoms with Crippen LogP contribution in [0.25, 0.3) is 0 Å². The van der Waals surface area contributed by atoms with Crippen LogP contribution in [0.4, 0.5) is 14.6 Å². The summed E-state index contributed by atoms with van der Waals surface area (Å²) >= 11 is 2.81. The lowest BCUT2D eigenvalue weighted by Crippen LogP contribution is -2.50. The maximum atomic E-state index is 12.9. The van der Waals surface area contributed by atoms with Gasteiger partial charge in [0.25, 0.3) is 0 Å². The van der Waals surface area contributed by atoms with Crippen molar-refractivity contribution in [3.63, 3.8) is 0 Å². The molecule has 2 heterocycles. The van der Waals surface area contributed by atoms with E-state index in [1.807, 2.05) is 60.7 Å². The van der Waals surface area contributed by atoms with E-state index in [2.05, 4.69) is 20.6 Å². The van der Waals surface area contributed by atoms with E-state index < -0.39 is 12.2 Å². The van der Waals surface area contributed by atoms with Crippen LogP contribution in [0.5, 0.6) is 0 Å². The number of methoxy groups -OCH3 is 1. The van der Waals surface area contributed by atoms with Crippen LogP contribution < -0.4 is 15.5 Å². The largest absolute Gasteiger partial charge is 0.452 e. The van der Waals surface area contributed by atoms with Gasteiger partial charge in [0.1, 0.15) is 11.6 Å². The van der Waals surface area contributed by atoms with Crippen LogP contribution in [0.2, 0.25) is 0 Å². The SMILES string of the molecule is COC(=O)N(c1cncs1)[C@H](CNC[C@@H](Cc1ccccc1)NC(=O)OCc1cncs1)Cc1ccccc1. The zero-order valence-corrected chi connectivity index (χ0v) is 23.2. The number of nitrogens with one attached hydrogen (secondary N) is 2. The van der Waals surface area contributed by atoms with Gasteiger partial charge in [0.2, 0.25) is 0 Å². The molecule has 2 aromatic carbocycles. The van der Waals surface area contributed by atoms with Crippen molar-refractivity contribution in [2.45, 2.75) is 31.5 Å². The summed E-state index contributed by atoms with van der Waals surface area (Å²) in [5.41, 5.74) is 5.58. The lowest BCUT2D eigenvalue weighted by Gasteiger charge is -2.30. The van der Waals surface area contributed by atoms with Gasteiger partial charge in [-0.05, 0) is 24.0 Å². The molecule has 0 fully saturated rings. The van der Waals surface area contributed by atoms with E-state index in [0.29, 0.717) is 30.9 Å². The van der Waals surface area contributed by atoms with Crippen LogP contribution in [0.1, 0.15) is 16.0 Å². The van der Waals surface area contributed by atoms with Crippen molar-refractivity contribution in [3.05, 3.63) is 100 Å². The second-order valence-electron chi connectivity index (χ2n) is 8.76. The summed E-state index contributed by atoms with van der Waals surface area (Å²) in [6, 6.07) is 19.5. The minimum atomic E-state index is -0.493. The third-order valence-corrected chi connectivity index (χ3v) is 7.48. The monoisotopic (exact) mass is 565 g/mol. The number of nitrogens with zero attached hydrogens (tertiary/aromatic N) is 3. The molecule has 2 N–H and O–H groups in total. The van der Waals surface area contributed by atoms with Crippen LogP contribution in [0.15, 0.2) is 84.1 Å². The van der Waals surface area contributed by atoms with E-state index in [1.165, 1.54) is 29.8 Å². The summed E-state index contributed by atoms with van der Waals surface area (Å²) in [6.45, 7) is 1.10. The molecule has 0 aliphatic rings. The number of aromatic nitrogens is 2. The first kappa shape index (κ1) is 28.2. The Balaban J connectivity index is 1.45. The fourth-order valence-electron chi connectivity index (χ4n) is 4.14. The van der Waals surface area contributed by atoms with Crippen LogP contribution in [-0.2, 0) is 28.9 Å². The fraction of sp³-hybridized carbons (Fsp3) is 0.286. The lowest BCUT2D eigenvalue weighted by atomic mass is 10.0. The highest BCUT2D eigenvalue weighted by atomic mass is 32.1. The number of hydrogen-bond donors (Lipinski definition) is 2. The molecule has 0 saturated heterocycles. The first-order valence-corrected chi connectivity index (χ1v) is 14.2. The Morgan fingerprint density at radius 2 is 1.56 bits per heavy atom. The Hall–Kier alpha value is -3.80. The van der Waals surface area contributed by atoms with Crippen molar-refractivity contribution in [3.8, 4) is 0 Å². The van der Waals surface area contributed by atoms with Gasteiger partial charge in [0.05, 0.1) is 35.2 Å². The minimum absolute atomic E-state index is 0.171. The first-order valence-electron chi connectivity index (χ1n) is 12.5. The number of alkyl carbamates (subject to hydrolysis) is 1. The average molecular weight is 566 g/mol. The Kier molecular flexibility index (Phi) is 10.8. The van der Waals surface area contributed by atoms with Gasteiger partial charge in [-0.15, -0.1) is 22.7 Å². The van der Waals surface area contributed by atoms with Crippen LogP contribution in [0, 0.1) is 0 Å². The summed E-state index contributed by atoms with van der Waals surface area (Å²) in [7, 11) is 1.38. The van der Waals surface area contributed by atoms with Crippen LogP contribution in [0.3, 0.4) is 0 Å². The van der Waals surface area contributed by atoms with E-state index in [0.717, 1.165) is 16.0 Å². The van der Waals surface area contributed by atoms with Crippen LogP contribution in [-0.4, -0.2) is 54.4 Å². The van der Waals surface area contributed by atoms with Gasteiger partial charge in [0, 0.05) is 25.3 Å². The molecule has 0 radical (unpaired) electrons. The smallest absolute Gasteiger partial charge is 0.415 e. The zero-order valence-electron chi connectivity index (χ0n) is 21.6. The predicted molar refractivity (Wildman–Crippen MR) is 153 cm³/mol. The number of anilines is 1. The Morgan fingerprint density at radius 3 is 2.18 bits per heavy atom. The molecule has 0 aliphatic heterocycles. The number of hydrogen-bond acceptors (Lipinski definition) is 9. The topological polar surface area (TPSA) is 106 Å². The van der Waals surface area contributed by atoms with Crippen molar-refractivity contribution in [1.82, 2.24) is 20.6 Å². The molecular weight excluding hydrogens is 534 g/mol. The van der Waals surface area contributed by atoms with Gasteiger partial charge >= 0.3 is 12.2 Å². The van der Waals surface area contributed by atoms with Gasteiger partial charge < -0.3 is 20.1 Å². The summed E-state index contributed by atoms with van der Waals surface area (Å²) in [4.78, 5) is 36.2. The zero-order chi connectivity index (χ0) is 27.3. The number of ether oxygens (including phenoxy) is 2. The summed E-state index contributed by atoms with van der Waals surface area (Å²) in [6.07, 6.45) is 3.62. The van der Waals surface area contributed by atoms with Crippen LogP contribution >= 0.6 is 22.7 Å². The van der Waals surface area contributed by atoms with Crippen molar-refractivity contribution in [1.29, 1.82) is 0 Å². The highest BCUT2D eigenvalue weighted by Crippen LogP contribution is 2.24. The minimum Gasteiger partial charge on any atom is -0.452 e. The molecule has 39 heavy (non-hydrogen) atoms. The van der Waals surface area contributed by atoms with E-state index in [1.54, 1.807) is 28.3 Å². The third kappa shape index (κ3) is 8.88. The van der Waals surface area contributed by atoms with Gasteiger partial charge in [-0.25, -0.2) is 9.59 Å². The Labute approximate surface area is 235 Å². The van der Waals surface area contributed by atoms with E-state index in [4.69, 9.17) is 9.47 Å². The van der Waals surface area contributed by atoms with Gasteiger partial charge in [-0.3, -0.25) is 14.9 Å². The van der Waals surface area contributed by atoms with Crippen molar-refractivity contribution >= 4 is 39.9 Å². The van der Waals surface area contributed by atoms with E-state index in [9.17, 15) is 9.59 Å². The number of carbonyl (C=O) groups is 2. The number of rotatable bonds is 13. The molecule has 0 unspecified atom stereocenters. The number of carbonyl (C=O) groups excluding carboxylic acids is 2. The summed E-state index contributed by atoms with van der Waals surface area (Å²) < 4.78 is 10.5. The van der Waals surface area contributed by atoms with E-state index >= 15 is 0 Å². The molecule has 4 rings (SSSR count). The van der Waals surface area contributed by atoms with Crippen molar-refractivity contribution in [2.75, 3.05) is 25.1 Å². The molecule has 2 atom stereocenters. The Bertz CT molecular complexity index is 1260. The maximum Gasteiger partial charge on any atom is 0.415 e. The summed E-state index contributed by atoms with van der Waals surface area (Å²) in [5.74, 6) is 0. The molecule has 204 valence electrons. The molecule has 11 heteroatoms. The fourth-order valence-corrected chi connectivity index (χ4v) is 5.34. The second kappa shape index (κ2) is 15.0. The van der Waals surface area contributed by atoms with Crippen molar-refractivity contribution < 1.29 is 19.1 Å². The molecule has 4 aromatic rings. The average Bonchev–Trinajstić information content (AvgIpc) is 3.68. The second-order valence-corrected chi connectivity index (χ2v) is 10.6. The molecule has 2 aromatic heterocycles. The quantitative estimate of drug-likeness (QED) is 0.237. The molecule has 2 amide bonds. The van der Waals surface area contributed by atoms with Crippen molar-refractivity contribution in [2.24, 2.45) is 0 Å². The molecule has 0 spiro atoms. The standard InChI is InChI=1S/C28H31N5O4S2/c1-36-28(35)33(26-17-31-20-39-26)24(13-22-10-6-3-7-11-22)15-29-14-23(12-21-8-4-2-5-9-21)32-27(34)37-18-25-16-30-19-38-25/h2-11,16-17,19-20,23-24,29H,12-15,18H2,1H3,(H,32,34)/t23-,24+/m1/s1. The highest BCUT2D eigenvalue weighted by Gasteiger charge is 2.28. The molecule has 0 aliphatic carbocycles.